The van der Waals surface area contributed by atoms with E-state index in [1.807, 2.05) is 82.0 Å². The van der Waals surface area contributed by atoms with Gasteiger partial charge in [0.25, 0.3) is 0 Å². The van der Waals surface area contributed by atoms with Gasteiger partial charge in [-0.25, -0.2) is 4.98 Å². The van der Waals surface area contributed by atoms with Crippen molar-refractivity contribution in [2.45, 2.75) is 10.9 Å². The molecule has 0 saturated heterocycles. The lowest BCUT2D eigenvalue weighted by atomic mass is 10.2. The van der Waals surface area contributed by atoms with Gasteiger partial charge in [0.15, 0.2) is 11.0 Å². The minimum Gasteiger partial charge on any atom is -0.497 e. The second-order valence-corrected chi connectivity index (χ2v) is 8.58. The first-order valence-electron chi connectivity index (χ1n) is 10.1. The molecule has 0 unspecified atom stereocenters. The molecule has 0 spiro atoms. The fraction of sp³-hybridized carbons (Fsp3) is 0.125. The number of aromatic nitrogens is 5. The van der Waals surface area contributed by atoms with Gasteiger partial charge in [0.05, 0.1) is 24.9 Å². The van der Waals surface area contributed by atoms with Crippen LogP contribution in [0.5, 0.6) is 11.5 Å². The minimum atomic E-state index is 0.635. The third kappa shape index (κ3) is 4.40. The first kappa shape index (κ1) is 21.4. The molecule has 0 N–H and O–H groups in total. The van der Waals surface area contributed by atoms with Crippen molar-refractivity contribution in [3.8, 4) is 28.6 Å². The van der Waals surface area contributed by atoms with E-state index >= 15 is 0 Å². The Morgan fingerprint density at radius 1 is 0.848 bits per heavy atom. The molecule has 0 bridgehead atoms. The number of imidazole rings is 1. The highest BCUT2D eigenvalue weighted by atomic mass is 35.5. The first-order chi connectivity index (χ1) is 16.1. The van der Waals surface area contributed by atoms with Gasteiger partial charge in [0.1, 0.15) is 17.1 Å². The number of methoxy groups -OCH3 is 2. The quantitative estimate of drug-likeness (QED) is 0.286. The van der Waals surface area contributed by atoms with E-state index in [1.165, 1.54) is 0 Å². The number of hydrogen-bond acceptors (Lipinski definition) is 6. The van der Waals surface area contributed by atoms with Crippen LogP contribution in [0.1, 0.15) is 5.69 Å². The Morgan fingerprint density at radius 3 is 2.24 bits per heavy atom. The number of pyridine rings is 1. The molecule has 2 aromatic carbocycles. The number of thioether (sulfide) groups is 1. The van der Waals surface area contributed by atoms with E-state index in [0.29, 0.717) is 10.8 Å². The molecule has 0 aliphatic heterocycles. The van der Waals surface area contributed by atoms with Gasteiger partial charge in [-0.3, -0.25) is 4.57 Å². The van der Waals surface area contributed by atoms with Crippen LogP contribution in [0.3, 0.4) is 0 Å². The molecule has 5 rings (SSSR count). The SMILES string of the molecule is COc1ccc(-c2nnc(SCc3cn4cc(Cl)ccc4n3)n2-c2ccc(OC)cc2)cc1. The highest BCUT2D eigenvalue weighted by Gasteiger charge is 2.17. The van der Waals surface area contributed by atoms with Gasteiger partial charge in [0, 0.05) is 29.4 Å². The van der Waals surface area contributed by atoms with Crippen molar-refractivity contribution < 1.29 is 9.47 Å². The number of benzene rings is 2. The summed E-state index contributed by atoms with van der Waals surface area (Å²) in [6, 6.07) is 19.3. The highest BCUT2D eigenvalue weighted by molar-refractivity contribution is 7.98. The number of hydrogen-bond donors (Lipinski definition) is 0. The van der Waals surface area contributed by atoms with Crippen LogP contribution in [0.15, 0.2) is 78.2 Å². The van der Waals surface area contributed by atoms with E-state index in [2.05, 4.69) is 15.2 Å². The van der Waals surface area contributed by atoms with Crippen molar-refractivity contribution in [1.29, 1.82) is 0 Å². The van der Waals surface area contributed by atoms with Crippen molar-refractivity contribution in [2.24, 2.45) is 0 Å². The number of halogens is 1. The van der Waals surface area contributed by atoms with Crippen LogP contribution in [0.25, 0.3) is 22.7 Å². The highest BCUT2D eigenvalue weighted by Crippen LogP contribution is 2.31. The zero-order valence-electron chi connectivity index (χ0n) is 18.0. The van der Waals surface area contributed by atoms with Gasteiger partial charge in [-0.05, 0) is 60.7 Å². The number of rotatable bonds is 7. The molecule has 3 aromatic heterocycles. The van der Waals surface area contributed by atoms with Crippen LogP contribution in [-0.4, -0.2) is 38.4 Å². The van der Waals surface area contributed by atoms with E-state index in [4.69, 9.17) is 21.1 Å². The summed E-state index contributed by atoms with van der Waals surface area (Å²) >= 11 is 7.67. The molecular weight excluding hydrogens is 458 g/mol. The van der Waals surface area contributed by atoms with Gasteiger partial charge in [-0.2, -0.15) is 0 Å². The smallest absolute Gasteiger partial charge is 0.196 e. The standard InChI is InChI=1S/C24H20ClN5O2S/c1-31-20-8-3-16(4-9-20)23-27-28-24(30(23)19-6-10-21(32-2)11-7-19)33-15-18-14-29-13-17(25)5-12-22(29)26-18/h3-14H,15H2,1-2H3. The molecular formula is C24H20ClN5O2S. The van der Waals surface area contributed by atoms with Crippen LogP contribution in [0.2, 0.25) is 5.02 Å². The van der Waals surface area contributed by atoms with Gasteiger partial charge >= 0.3 is 0 Å². The van der Waals surface area contributed by atoms with Crippen molar-refractivity contribution in [1.82, 2.24) is 24.1 Å². The fourth-order valence-corrected chi connectivity index (χ4v) is 4.48. The molecule has 0 amide bonds. The summed E-state index contributed by atoms with van der Waals surface area (Å²) in [5, 5.41) is 10.4. The van der Waals surface area contributed by atoms with Gasteiger partial charge < -0.3 is 13.9 Å². The lowest BCUT2D eigenvalue weighted by Crippen LogP contribution is -2.00. The molecule has 0 fully saturated rings. The Hall–Kier alpha value is -3.49. The second-order valence-electron chi connectivity index (χ2n) is 7.20. The largest absolute Gasteiger partial charge is 0.497 e. The zero-order valence-corrected chi connectivity index (χ0v) is 19.5. The maximum atomic E-state index is 6.10. The molecule has 5 aromatic rings. The van der Waals surface area contributed by atoms with Crippen molar-refractivity contribution in [3.63, 3.8) is 0 Å². The summed E-state index contributed by atoms with van der Waals surface area (Å²) in [5.74, 6) is 2.95. The molecule has 0 radical (unpaired) electrons. The van der Waals surface area contributed by atoms with Gasteiger partial charge in [-0.15, -0.1) is 10.2 Å². The molecule has 0 saturated carbocycles. The average molecular weight is 478 g/mol. The Bertz CT molecular complexity index is 1400. The van der Waals surface area contributed by atoms with Crippen molar-refractivity contribution in [3.05, 3.63) is 83.8 Å². The maximum Gasteiger partial charge on any atom is 0.196 e. The Morgan fingerprint density at radius 2 is 1.55 bits per heavy atom. The van der Waals surface area contributed by atoms with Crippen LogP contribution in [0.4, 0.5) is 0 Å². The maximum absolute atomic E-state index is 6.10. The third-order valence-electron chi connectivity index (χ3n) is 5.13. The van der Waals surface area contributed by atoms with Crippen LogP contribution in [-0.2, 0) is 5.75 Å². The fourth-order valence-electron chi connectivity index (χ4n) is 3.48. The second kappa shape index (κ2) is 9.17. The molecule has 9 heteroatoms. The third-order valence-corrected chi connectivity index (χ3v) is 6.31. The van der Waals surface area contributed by atoms with Crippen molar-refractivity contribution in [2.75, 3.05) is 14.2 Å². The molecule has 3 heterocycles. The van der Waals surface area contributed by atoms with E-state index in [-0.39, 0.29) is 0 Å². The summed E-state index contributed by atoms with van der Waals surface area (Å²) in [6.07, 6.45) is 3.83. The lowest BCUT2D eigenvalue weighted by Gasteiger charge is -2.11. The summed E-state index contributed by atoms with van der Waals surface area (Å²) in [4.78, 5) is 4.67. The molecule has 0 atom stereocenters. The van der Waals surface area contributed by atoms with Crippen LogP contribution in [0, 0.1) is 0 Å². The van der Waals surface area contributed by atoms with Crippen molar-refractivity contribution >= 4 is 29.0 Å². The minimum absolute atomic E-state index is 0.635. The topological polar surface area (TPSA) is 66.5 Å². The van der Waals surface area contributed by atoms with E-state index in [1.54, 1.807) is 26.0 Å². The monoisotopic (exact) mass is 477 g/mol. The normalized spacial score (nSPS) is 11.1. The Labute approximate surface area is 200 Å². The molecule has 0 aliphatic rings. The lowest BCUT2D eigenvalue weighted by molar-refractivity contribution is 0.414. The van der Waals surface area contributed by atoms with E-state index < -0.39 is 0 Å². The summed E-state index contributed by atoms with van der Waals surface area (Å²) < 4.78 is 14.6. The van der Waals surface area contributed by atoms with Gasteiger partial charge in [-0.1, -0.05) is 23.4 Å². The van der Waals surface area contributed by atoms with Crippen LogP contribution >= 0.6 is 23.4 Å². The Balaban J connectivity index is 1.50. The number of nitrogens with zero attached hydrogens (tertiary/aromatic N) is 5. The van der Waals surface area contributed by atoms with E-state index in [9.17, 15) is 0 Å². The van der Waals surface area contributed by atoms with E-state index in [0.717, 1.165) is 45.1 Å². The number of fused-ring (bicyclic) bond motifs is 1. The van der Waals surface area contributed by atoms with Crippen LogP contribution < -0.4 is 9.47 Å². The summed E-state index contributed by atoms with van der Waals surface area (Å²) in [7, 11) is 3.30. The predicted molar refractivity (Wildman–Crippen MR) is 130 cm³/mol. The number of ether oxygens (including phenoxy) is 2. The Kier molecular flexibility index (Phi) is 5.93. The van der Waals surface area contributed by atoms with Gasteiger partial charge in [0.2, 0.25) is 0 Å². The molecule has 0 aliphatic carbocycles. The molecule has 33 heavy (non-hydrogen) atoms. The average Bonchev–Trinajstić information content (AvgIpc) is 3.46. The zero-order chi connectivity index (χ0) is 22.8. The molecule has 7 nitrogen and oxygen atoms in total. The first-order valence-corrected chi connectivity index (χ1v) is 11.5. The summed E-state index contributed by atoms with van der Waals surface area (Å²) in [6.45, 7) is 0. The summed E-state index contributed by atoms with van der Waals surface area (Å²) in [5.41, 5.74) is 3.66. The molecule has 166 valence electrons. The predicted octanol–water partition coefficient (Wildman–Crippen LogP) is 5.54.